The summed E-state index contributed by atoms with van der Waals surface area (Å²) in [6.45, 7) is 2.99. The Balaban J connectivity index is 2.81. The highest BCUT2D eigenvalue weighted by atomic mass is 16.5. The van der Waals surface area contributed by atoms with Gasteiger partial charge in [0.15, 0.2) is 17.1 Å². The molecule has 0 saturated heterocycles. The van der Waals surface area contributed by atoms with E-state index in [1.54, 1.807) is 6.07 Å². The minimum Gasteiger partial charge on any atom is -0.493 e. The van der Waals surface area contributed by atoms with E-state index in [4.69, 9.17) is 14.6 Å². The molecule has 1 atom stereocenters. The van der Waals surface area contributed by atoms with Crippen molar-refractivity contribution in [3.8, 4) is 11.5 Å². The van der Waals surface area contributed by atoms with Crippen LogP contribution < -0.4 is 14.8 Å². The van der Waals surface area contributed by atoms with Gasteiger partial charge >= 0.3 is 5.97 Å². The van der Waals surface area contributed by atoms with Gasteiger partial charge in [0.05, 0.1) is 20.3 Å². The Morgan fingerprint density at radius 2 is 2.00 bits per heavy atom. The van der Waals surface area contributed by atoms with Crippen LogP contribution in [0.15, 0.2) is 18.2 Å². The zero-order valence-electron chi connectivity index (χ0n) is 12.2. The van der Waals surface area contributed by atoms with Crippen LogP contribution in [0, 0.1) is 0 Å². The number of carboxylic acids is 1. The van der Waals surface area contributed by atoms with Crippen molar-refractivity contribution in [2.24, 2.45) is 0 Å². The topological polar surface area (TPSA) is 105 Å². The van der Waals surface area contributed by atoms with Crippen LogP contribution in [-0.2, 0) is 4.79 Å². The average molecular weight is 297 g/mol. The molecule has 1 aromatic carbocycles. The summed E-state index contributed by atoms with van der Waals surface area (Å²) >= 11 is 0. The van der Waals surface area contributed by atoms with Crippen LogP contribution in [0.25, 0.3) is 0 Å². The molecule has 0 bridgehead atoms. The van der Waals surface area contributed by atoms with E-state index in [1.807, 2.05) is 6.92 Å². The van der Waals surface area contributed by atoms with E-state index in [0.717, 1.165) is 6.92 Å². The lowest BCUT2D eigenvalue weighted by atomic mass is 10.1. The van der Waals surface area contributed by atoms with Gasteiger partial charge in [0.2, 0.25) is 0 Å². The van der Waals surface area contributed by atoms with Crippen molar-refractivity contribution in [1.82, 2.24) is 5.32 Å². The van der Waals surface area contributed by atoms with Crippen LogP contribution >= 0.6 is 0 Å². The molecule has 1 amide bonds. The molecule has 3 N–H and O–H groups in total. The lowest BCUT2D eigenvalue weighted by molar-refractivity contribution is -0.155. The number of methoxy groups -OCH3 is 1. The van der Waals surface area contributed by atoms with Crippen molar-refractivity contribution < 1.29 is 29.3 Å². The van der Waals surface area contributed by atoms with Crippen molar-refractivity contribution in [1.29, 1.82) is 0 Å². The number of ether oxygens (including phenoxy) is 2. The molecule has 1 aromatic rings. The molecular weight excluding hydrogens is 278 g/mol. The molecular formula is C14H19NO6. The largest absolute Gasteiger partial charge is 0.493 e. The minimum absolute atomic E-state index is 0.275. The van der Waals surface area contributed by atoms with Crippen molar-refractivity contribution in [3.63, 3.8) is 0 Å². The van der Waals surface area contributed by atoms with E-state index in [9.17, 15) is 14.7 Å². The second-order valence-corrected chi connectivity index (χ2v) is 4.56. The highest BCUT2D eigenvalue weighted by Gasteiger charge is 2.30. The van der Waals surface area contributed by atoms with E-state index < -0.39 is 24.0 Å². The lowest BCUT2D eigenvalue weighted by Gasteiger charge is -2.18. The highest BCUT2D eigenvalue weighted by molar-refractivity contribution is 5.95. The predicted molar refractivity (Wildman–Crippen MR) is 74.8 cm³/mol. The molecule has 0 aliphatic rings. The number of carbonyl (C=O) groups is 2. The van der Waals surface area contributed by atoms with Crippen LogP contribution in [0.1, 0.15) is 24.2 Å². The van der Waals surface area contributed by atoms with Gasteiger partial charge in [0, 0.05) is 5.56 Å². The van der Waals surface area contributed by atoms with Gasteiger partial charge in [0.25, 0.3) is 5.91 Å². The van der Waals surface area contributed by atoms with Gasteiger partial charge in [-0.25, -0.2) is 4.79 Å². The molecule has 0 saturated carbocycles. The molecule has 0 radical (unpaired) electrons. The Hall–Kier alpha value is -2.28. The summed E-state index contributed by atoms with van der Waals surface area (Å²) in [6, 6.07) is 4.60. The number of carboxylic acid groups (broad SMARTS) is 1. The molecule has 7 nitrogen and oxygen atoms in total. The van der Waals surface area contributed by atoms with Gasteiger partial charge in [-0.15, -0.1) is 0 Å². The Bertz CT molecular complexity index is 526. The van der Waals surface area contributed by atoms with E-state index >= 15 is 0 Å². The van der Waals surface area contributed by atoms with Crippen molar-refractivity contribution >= 4 is 11.9 Å². The van der Waals surface area contributed by atoms with Crippen LogP contribution in [-0.4, -0.2) is 48.0 Å². The Morgan fingerprint density at radius 1 is 1.33 bits per heavy atom. The minimum atomic E-state index is -2.02. The quantitative estimate of drug-likeness (QED) is 0.683. The first-order chi connectivity index (χ1) is 9.81. The summed E-state index contributed by atoms with van der Waals surface area (Å²) in [4.78, 5) is 22.7. The number of amides is 1. The summed E-state index contributed by atoms with van der Waals surface area (Å²) < 4.78 is 10.5. The molecule has 21 heavy (non-hydrogen) atoms. The van der Waals surface area contributed by atoms with Crippen LogP contribution in [0.2, 0.25) is 0 Å². The van der Waals surface area contributed by atoms with E-state index in [0.29, 0.717) is 18.1 Å². The molecule has 0 aliphatic carbocycles. The summed E-state index contributed by atoms with van der Waals surface area (Å²) in [5.74, 6) is -1.02. The maximum atomic E-state index is 11.9. The SMILES string of the molecule is CCOc1ccc(C(=O)NCC(C)(O)C(=O)O)cc1OC. The Labute approximate surface area is 122 Å². The van der Waals surface area contributed by atoms with Gasteiger partial charge in [-0.05, 0) is 32.0 Å². The third-order valence-electron chi connectivity index (χ3n) is 2.78. The zero-order valence-corrected chi connectivity index (χ0v) is 12.2. The third kappa shape index (κ3) is 4.35. The fraction of sp³-hybridized carbons (Fsp3) is 0.429. The summed E-state index contributed by atoms with van der Waals surface area (Å²) in [5, 5.41) is 20.7. The van der Waals surface area contributed by atoms with E-state index in [-0.39, 0.29) is 5.56 Å². The van der Waals surface area contributed by atoms with Crippen molar-refractivity contribution in [2.45, 2.75) is 19.4 Å². The van der Waals surface area contributed by atoms with Crippen LogP contribution in [0.5, 0.6) is 11.5 Å². The second kappa shape index (κ2) is 6.94. The van der Waals surface area contributed by atoms with Crippen molar-refractivity contribution in [3.05, 3.63) is 23.8 Å². The summed E-state index contributed by atoms with van der Waals surface area (Å²) in [6.07, 6.45) is 0. The molecule has 0 heterocycles. The Kier molecular flexibility index (Phi) is 5.54. The maximum Gasteiger partial charge on any atom is 0.337 e. The van der Waals surface area contributed by atoms with Gasteiger partial charge < -0.3 is 25.0 Å². The number of aliphatic hydroxyl groups is 1. The highest BCUT2D eigenvalue weighted by Crippen LogP contribution is 2.27. The van der Waals surface area contributed by atoms with E-state index in [2.05, 4.69) is 5.32 Å². The van der Waals surface area contributed by atoms with Gasteiger partial charge in [-0.1, -0.05) is 0 Å². The lowest BCUT2D eigenvalue weighted by Crippen LogP contribution is -2.46. The van der Waals surface area contributed by atoms with Crippen LogP contribution in [0.3, 0.4) is 0 Å². The monoisotopic (exact) mass is 297 g/mol. The zero-order chi connectivity index (χ0) is 16.0. The first kappa shape index (κ1) is 16.8. The number of nitrogens with one attached hydrogen (secondary N) is 1. The van der Waals surface area contributed by atoms with Gasteiger partial charge in [-0.3, -0.25) is 4.79 Å². The molecule has 1 rings (SSSR count). The average Bonchev–Trinajstić information content (AvgIpc) is 2.45. The maximum absolute atomic E-state index is 11.9. The fourth-order valence-electron chi connectivity index (χ4n) is 1.51. The van der Waals surface area contributed by atoms with Crippen LogP contribution in [0.4, 0.5) is 0 Å². The number of hydrogen-bond donors (Lipinski definition) is 3. The molecule has 1 unspecified atom stereocenters. The third-order valence-corrected chi connectivity index (χ3v) is 2.78. The van der Waals surface area contributed by atoms with E-state index in [1.165, 1.54) is 19.2 Å². The Morgan fingerprint density at radius 3 is 2.52 bits per heavy atom. The summed E-state index contributed by atoms with van der Waals surface area (Å²) in [5.41, 5.74) is -1.75. The predicted octanol–water partition coefficient (Wildman–Crippen LogP) is 0.659. The first-order valence-electron chi connectivity index (χ1n) is 6.36. The second-order valence-electron chi connectivity index (χ2n) is 4.56. The molecule has 0 fully saturated rings. The first-order valence-corrected chi connectivity index (χ1v) is 6.36. The van der Waals surface area contributed by atoms with Crippen molar-refractivity contribution in [2.75, 3.05) is 20.3 Å². The number of rotatable bonds is 7. The molecule has 7 heteroatoms. The molecule has 0 aliphatic heterocycles. The number of carbonyl (C=O) groups excluding carboxylic acids is 1. The number of hydrogen-bond acceptors (Lipinski definition) is 5. The molecule has 116 valence electrons. The smallest absolute Gasteiger partial charge is 0.337 e. The summed E-state index contributed by atoms with van der Waals surface area (Å²) in [7, 11) is 1.45. The number of benzene rings is 1. The molecule has 0 spiro atoms. The number of aliphatic carboxylic acids is 1. The van der Waals surface area contributed by atoms with Gasteiger partial charge in [0.1, 0.15) is 0 Å². The standard InChI is InChI=1S/C14H19NO6/c1-4-21-10-6-5-9(7-11(10)20-3)12(16)15-8-14(2,19)13(17)18/h5-7,19H,4,8H2,1-3H3,(H,15,16)(H,17,18). The molecule has 0 aromatic heterocycles. The fourth-order valence-corrected chi connectivity index (χ4v) is 1.51. The normalized spacial score (nSPS) is 13.1. The van der Waals surface area contributed by atoms with Gasteiger partial charge in [-0.2, -0.15) is 0 Å².